The van der Waals surface area contributed by atoms with Crippen molar-refractivity contribution in [3.8, 4) is 5.75 Å². The average molecular weight is 355 g/mol. The molecule has 4 heteroatoms. The van der Waals surface area contributed by atoms with Gasteiger partial charge in [0.25, 0.3) is 0 Å². The molecule has 2 aromatic rings. The Morgan fingerprint density at radius 2 is 1.62 bits per heavy atom. The van der Waals surface area contributed by atoms with Crippen molar-refractivity contribution >= 4 is 11.8 Å². The van der Waals surface area contributed by atoms with Crippen molar-refractivity contribution in [2.75, 3.05) is 5.32 Å². The van der Waals surface area contributed by atoms with Gasteiger partial charge in [0.15, 0.2) is 0 Å². The van der Waals surface area contributed by atoms with Gasteiger partial charge in [-0.1, -0.05) is 77.9 Å². The van der Waals surface area contributed by atoms with E-state index in [1.807, 2.05) is 63.2 Å². The monoisotopic (exact) mass is 355 g/mol. The standard InChI is InChI=1S/C22H29NO3/c1-21(2,3)16-12-17(22(4,5)6)19(24)18(13-16)23-20(25)26-14-15-10-8-7-9-11-15/h7-13,24H,14H2,1-6H3,(H,23,25). The lowest BCUT2D eigenvalue weighted by molar-refractivity contribution is 0.155. The first kappa shape index (κ1) is 19.8. The van der Waals surface area contributed by atoms with E-state index in [1.54, 1.807) is 0 Å². The van der Waals surface area contributed by atoms with Crippen molar-refractivity contribution in [1.29, 1.82) is 0 Å². The highest BCUT2D eigenvalue weighted by Crippen LogP contribution is 2.40. The highest BCUT2D eigenvalue weighted by atomic mass is 16.5. The van der Waals surface area contributed by atoms with Crippen molar-refractivity contribution in [2.45, 2.75) is 59.0 Å². The van der Waals surface area contributed by atoms with Crippen molar-refractivity contribution in [2.24, 2.45) is 0 Å². The molecule has 0 aliphatic carbocycles. The number of aromatic hydroxyl groups is 1. The summed E-state index contributed by atoms with van der Waals surface area (Å²) in [6.07, 6.45) is -0.588. The molecule has 4 nitrogen and oxygen atoms in total. The number of phenolic OH excluding ortho intramolecular Hbond substituents is 1. The van der Waals surface area contributed by atoms with Gasteiger partial charge in [0.2, 0.25) is 0 Å². The lowest BCUT2D eigenvalue weighted by atomic mass is 9.79. The van der Waals surface area contributed by atoms with E-state index in [-0.39, 0.29) is 23.2 Å². The summed E-state index contributed by atoms with van der Waals surface area (Å²) in [4.78, 5) is 12.2. The predicted molar refractivity (Wildman–Crippen MR) is 106 cm³/mol. The SMILES string of the molecule is CC(C)(C)c1cc(NC(=O)OCc2ccccc2)c(O)c(C(C)(C)C)c1. The van der Waals surface area contributed by atoms with Crippen LogP contribution in [0, 0.1) is 0 Å². The molecule has 26 heavy (non-hydrogen) atoms. The Morgan fingerprint density at radius 1 is 1.00 bits per heavy atom. The molecule has 2 aromatic carbocycles. The summed E-state index contributed by atoms with van der Waals surface area (Å²) in [7, 11) is 0. The van der Waals surface area contributed by atoms with E-state index in [0.717, 1.165) is 16.7 Å². The number of ether oxygens (including phenoxy) is 1. The molecule has 0 spiro atoms. The third-order valence-corrected chi connectivity index (χ3v) is 4.23. The van der Waals surface area contributed by atoms with Crippen LogP contribution in [0.5, 0.6) is 5.75 Å². The van der Waals surface area contributed by atoms with E-state index in [0.29, 0.717) is 5.69 Å². The van der Waals surface area contributed by atoms with Gasteiger partial charge < -0.3 is 9.84 Å². The Balaban J connectivity index is 2.25. The van der Waals surface area contributed by atoms with Gasteiger partial charge in [0.05, 0.1) is 5.69 Å². The molecule has 0 aromatic heterocycles. The number of carbonyl (C=O) groups excluding carboxylic acids is 1. The van der Waals surface area contributed by atoms with Crippen LogP contribution in [-0.2, 0) is 22.2 Å². The van der Waals surface area contributed by atoms with Gasteiger partial charge in [-0.25, -0.2) is 4.79 Å². The van der Waals surface area contributed by atoms with Crippen LogP contribution >= 0.6 is 0 Å². The largest absolute Gasteiger partial charge is 0.505 e. The number of benzene rings is 2. The second kappa shape index (κ2) is 7.40. The highest BCUT2D eigenvalue weighted by molar-refractivity contribution is 5.87. The minimum absolute atomic E-state index is 0.0853. The highest BCUT2D eigenvalue weighted by Gasteiger charge is 2.25. The van der Waals surface area contributed by atoms with Crippen LogP contribution in [0.2, 0.25) is 0 Å². The number of hydrogen-bond donors (Lipinski definition) is 2. The molecule has 140 valence electrons. The summed E-state index contributed by atoms with van der Waals surface area (Å²) < 4.78 is 5.28. The molecule has 1 amide bonds. The molecule has 0 aliphatic rings. The Bertz CT molecular complexity index is 768. The first-order valence-corrected chi connectivity index (χ1v) is 8.84. The lowest BCUT2D eigenvalue weighted by Crippen LogP contribution is -2.19. The van der Waals surface area contributed by atoms with Gasteiger partial charge >= 0.3 is 6.09 Å². The molecule has 0 fully saturated rings. The number of rotatable bonds is 3. The van der Waals surface area contributed by atoms with Gasteiger partial charge in [-0.3, -0.25) is 5.32 Å². The van der Waals surface area contributed by atoms with Crippen LogP contribution in [0.25, 0.3) is 0 Å². The minimum Gasteiger partial charge on any atom is -0.505 e. The van der Waals surface area contributed by atoms with E-state index in [1.165, 1.54) is 0 Å². The fourth-order valence-electron chi connectivity index (χ4n) is 2.60. The van der Waals surface area contributed by atoms with Crippen molar-refractivity contribution < 1.29 is 14.6 Å². The van der Waals surface area contributed by atoms with Gasteiger partial charge in [0.1, 0.15) is 12.4 Å². The van der Waals surface area contributed by atoms with Crippen LogP contribution in [0.3, 0.4) is 0 Å². The van der Waals surface area contributed by atoms with Crippen LogP contribution in [0.15, 0.2) is 42.5 Å². The smallest absolute Gasteiger partial charge is 0.412 e. The molecule has 2 rings (SSSR count). The average Bonchev–Trinajstić information content (AvgIpc) is 2.53. The number of phenols is 1. The number of anilines is 1. The zero-order valence-corrected chi connectivity index (χ0v) is 16.5. The molecule has 0 aliphatic heterocycles. The molecule has 2 N–H and O–H groups in total. The van der Waals surface area contributed by atoms with Gasteiger partial charge in [0, 0.05) is 5.56 Å². The molecular weight excluding hydrogens is 326 g/mol. The van der Waals surface area contributed by atoms with E-state index in [2.05, 4.69) is 26.1 Å². The number of hydrogen-bond acceptors (Lipinski definition) is 3. The maximum absolute atomic E-state index is 12.2. The molecule has 0 heterocycles. The Labute approximate surface area is 156 Å². The summed E-state index contributed by atoms with van der Waals surface area (Å²) in [5.41, 5.74) is 2.75. The Hall–Kier alpha value is -2.49. The number of carbonyl (C=O) groups is 1. The molecule has 0 unspecified atom stereocenters. The zero-order valence-electron chi connectivity index (χ0n) is 16.5. The van der Waals surface area contributed by atoms with E-state index >= 15 is 0 Å². The van der Waals surface area contributed by atoms with Crippen LogP contribution < -0.4 is 5.32 Å². The Kier molecular flexibility index (Phi) is 5.65. The summed E-state index contributed by atoms with van der Waals surface area (Å²) in [5.74, 6) is 0.0853. The Morgan fingerprint density at radius 3 is 2.15 bits per heavy atom. The van der Waals surface area contributed by atoms with Crippen molar-refractivity contribution in [3.63, 3.8) is 0 Å². The molecule has 0 saturated carbocycles. The minimum atomic E-state index is -0.588. The van der Waals surface area contributed by atoms with Crippen LogP contribution in [0.4, 0.5) is 10.5 Å². The fraction of sp³-hybridized carbons (Fsp3) is 0.409. The van der Waals surface area contributed by atoms with Crippen LogP contribution in [-0.4, -0.2) is 11.2 Å². The topological polar surface area (TPSA) is 58.6 Å². The normalized spacial score (nSPS) is 11.9. The van der Waals surface area contributed by atoms with Crippen molar-refractivity contribution in [1.82, 2.24) is 0 Å². The quantitative estimate of drug-likeness (QED) is 0.691. The maximum Gasteiger partial charge on any atom is 0.412 e. The van der Waals surface area contributed by atoms with E-state index in [9.17, 15) is 9.90 Å². The van der Waals surface area contributed by atoms with Crippen molar-refractivity contribution in [3.05, 3.63) is 59.2 Å². The van der Waals surface area contributed by atoms with Gasteiger partial charge in [-0.2, -0.15) is 0 Å². The van der Waals surface area contributed by atoms with Crippen LogP contribution in [0.1, 0.15) is 58.2 Å². The molecular formula is C22H29NO3. The molecule has 0 atom stereocenters. The number of nitrogens with one attached hydrogen (secondary N) is 1. The molecule has 0 saturated heterocycles. The lowest BCUT2D eigenvalue weighted by Gasteiger charge is -2.27. The third-order valence-electron chi connectivity index (χ3n) is 4.23. The second-order valence-corrected chi connectivity index (χ2v) is 8.61. The second-order valence-electron chi connectivity index (χ2n) is 8.61. The summed E-state index contributed by atoms with van der Waals surface area (Å²) >= 11 is 0. The summed E-state index contributed by atoms with van der Waals surface area (Å²) in [6.45, 7) is 12.6. The maximum atomic E-state index is 12.2. The summed E-state index contributed by atoms with van der Waals surface area (Å²) in [5, 5.41) is 13.4. The number of amides is 1. The zero-order chi connectivity index (χ0) is 19.5. The van der Waals surface area contributed by atoms with E-state index < -0.39 is 6.09 Å². The predicted octanol–water partition coefficient (Wildman–Crippen LogP) is 5.74. The molecule has 0 bridgehead atoms. The van der Waals surface area contributed by atoms with Gasteiger partial charge in [-0.05, 0) is 28.0 Å². The third kappa shape index (κ3) is 5.01. The molecule has 0 radical (unpaired) electrons. The first-order chi connectivity index (χ1) is 12.0. The fourth-order valence-corrected chi connectivity index (χ4v) is 2.60. The van der Waals surface area contributed by atoms with E-state index in [4.69, 9.17) is 4.74 Å². The van der Waals surface area contributed by atoms with Gasteiger partial charge in [-0.15, -0.1) is 0 Å². The first-order valence-electron chi connectivity index (χ1n) is 8.84. The summed E-state index contributed by atoms with van der Waals surface area (Å²) in [6, 6.07) is 13.3.